The van der Waals surface area contributed by atoms with E-state index in [1.54, 1.807) is 7.11 Å². The highest BCUT2D eigenvalue weighted by Gasteiger charge is 2.50. The van der Waals surface area contributed by atoms with Gasteiger partial charge in [0, 0.05) is 24.6 Å². The summed E-state index contributed by atoms with van der Waals surface area (Å²) in [7, 11) is 1.66. The topological polar surface area (TPSA) is 59.0 Å². The number of hydrogen-bond donors (Lipinski definition) is 1. The second-order valence-electron chi connectivity index (χ2n) is 8.15. The molecule has 2 aliphatic heterocycles. The molecule has 2 aliphatic rings. The third-order valence-corrected chi connectivity index (χ3v) is 5.44. The van der Waals surface area contributed by atoms with Gasteiger partial charge in [0.2, 0.25) is 0 Å². The zero-order valence-electron chi connectivity index (χ0n) is 15.6. The van der Waals surface area contributed by atoms with E-state index in [-0.39, 0.29) is 36.6 Å². The number of carbonyl (C=O) groups excluding carboxylic acids is 1. The van der Waals surface area contributed by atoms with E-state index < -0.39 is 5.60 Å². The van der Waals surface area contributed by atoms with E-state index in [1.807, 2.05) is 37.8 Å². The second-order valence-corrected chi connectivity index (χ2v) is 8.15. The number of rotatable bonds is 3. The van der Waals surface area contributed by atoms with Crippen LogP contribution in [0.4, 0.5) is 4.79 Å². The number of amides is 1. The minimum atomic E-state index is -0.502. The van der Waals surface area contributed by atoms with Gasteiger partial charge >= 0.3 is 6.09 Å². The predicted octanol–water partition coefficient (Wildman–Crippen LogP) is 3.56. The molecule has 0 aliphatic carbocycles. The van der Waals surface area contributed by atoms with Crippen molar-refractivity contribution >= 4 is 6.09 Å². The van der Waals surface area contributed by atoms with Gasteiger partial charge < -0.3 is 19.5 Å². The van der Waals surface area contributed by atoms with Crippen LogP contribution in [-0.4, -0.2) is 47.5 Å². The molecule has 3 rings (SSSR count). The number of benzene rings is 1. The zero-order chi connectivity index (χ0) is 18.2. The molecule has 5 nitrogen and oxygen atoms in total. The summed E-state index contributed by atoms with van der Waals surface area (Å²) in [6.45, 7) is 5.74. The molecule has 0 saturated carbocycles. The quantitative estimate of drug-likeness (QED) is 0.908. The van der Waals surface area contributed by atoms with Gasteiger partial charge in [-0.2, -0.15) is 0 Å². The summed E-state index contributed by atoms with van der Waals surface area (Å²) in [4.78, 5) is 14.6. The Balaban J connectivity index is 1.82. The lowest BCUT2D eigenvalue weighted by atomic mass is 9.76. The van der Waals surface area contributed by atoms with Crippen molar-refractivity contribution < 1.29 is 19.4 Å². The average Bonchev–Trinajstić information content (AvgIpc) is 2.88. The maximum Gasteiger partial charge on any atom is 0.410 e. The Labute approximate surface area is 149 Å². The number of methoxy groups -OCH3 is 1. The highest BCUT2D eigenvalue weighted by Crippen LogP contribution is 2.47. The molecular weight excluding hydrogens is 318 g/mol. The van der Waals surface area contributed by atoms with E-state index in [0.29, 0.717) is 0 Å². The number of aliphatic hydroxyl groups excluding tert-OH is 1. The average molecular weight is 347 g/mol. The number of carbonyl (C=O) groups is 1. The minimum absolute atomic E-state index is 0.0414. The molecule has 1 aromatic carbocycles. The fourth-order valence-electron chi connectivity index (χ4n) is 4.38. The van der Waals surface area contributed by atoms with Crippen molar-refractivity contribution in [2.45, 2.75) is 63.6 Å². The number of fused-ring (bicyclic) bond motifs is 2. The van der Waals surface area contributed by atoms with Gasteiger partial charge in [-0.3, -0.25) is 0 Å². The maximum absolute atomic E-state index is 12.7. The van der Waals surface area contributed by atoms with Crippen molar-refractivity contribution in [1.29, 1.82) is 0 Å². The Morgan fingerprint density at radius 2 is 1.92 bits per heavy atom. The Kier molecular flexibility index (Phi) is 4.96. The van der Waals surface area contributed by atoms with Crippen LogP contribution < -0.4 is 4.74 Å². The van der Waals surface area contributed by atoms with Gasteiger partial charge in [0.25, 0.3) is 0 Å². The predicted molar refractivity (Wildman–Crippen MR) is 95.8 cm³/mol. The van der Waals surface area contributed by atoms with Crippen molar-refractivity contribution in [3.63, 3.8) is 0 Å². The summed E-state index contributed by atoms with van der Waals surface area (Å²) >= 11 is 0. The lowest BCUT2D eigenvalue weighted by Crippen LogP contribution is -2.53. The van der Waals surface area contributed by atoms with Gasteiger partial charge in [0.05, 0.1) is 7.11 Å². The fourth-order valence-corrected chi connectivity index (χ4v) is 4.38. The van der Waals surface area contributed by atoms with Crippen LogP contribution in [0.3, 0.4) is 0 Å². The van der Waals surface area contributed by atoms with E-state index in [9.17, 15) is 9.90 Å². The van der Waals surface area contributed by atoms with E-state index in [0.717, 1.165) is 25.0 Å². The standard InChI is InChI=1S/C20H29NO4/c1-20(2,3)25-19(23)21-14-7-10-18(21)17(12-22)16(11-14)13-5-8-15(24-4)9-6-13/h5-6,8-9,14,16-18,22H,7,10-12H2,1-4H3/t14-,16-,17-,18+/m1/s1. The number of hydrogen-bond acceptors (Lipinski definition) is 4. The number of aliphatic hydroxyl groups is 1. The van der Waals surface area contributed by atoms with Crippen LogP contribution in [0.5, 0.6) is 5.75 Å². The first-order valence-electron chi connectivity index (χ1n) is 9.10. The molecule has 138 valence electrons. The fraction of sp³-hybridized carbons (Fsp3) is 0.650. The van der Waals surface area contributed by atoms with E-state index in [4.69, 9.17) is 9.47 Å². The molecule has 0 radical (unpaired) electrons. The zero-order valence-corrected chi connectivity index (χ0v) is 15.6. The van der Waals surface area contributed by atoms with Crippen LogP contribution in [0.2, 0.25) is 0 Å². The lowest BCUT2D eigenvalue weighted by molar-refractivity contribution is -0.0123. The largest absolute Gasteiger partial charge is 0.497 e. The molecule has 2 heterocycles. The van der Waals surface area contributed by atoms with Gasteiger partial charge in [0.15, 0.2) is 0 Å². The van der Waals surface area contributed by atoms with Crippen LogP contribution in [0.1, 0.15) is 51.5 Å². The normalized spacial score (nSPS) is 28.8. The molecule has 2 bridgehead atoms. The third kappa shape index (κ3) is 3.61. The maximum atomic E-state index is 12.7. The summed E-state index contributed by atoms with van der Waals surface area (Å²) in [6.07, 6.45) is 2.54. The van der Waals surface area contributed by atoms with E-state index in [2.05, 4.69) is 12.1 Å². The van der Waals surface area contributed by atoms with Crippen molar-refractivity contribution in [2.75, 3.05) is 13.7 Å². The number of ether oxygens (including phenoxy) is 2. The van der Waals surface area contributed by atoms with Crippen molar-refractivity contribution in [2.24, 2.45) is 5.92 Å². The van der Waals surface area contributed by atoms with Gasteiger partial charge in [-0.25, -0.2) is 4.79 Å². The third-order valence-electron chi connectivity index (χ3n) is 5.44. The molecule has 0 aromatic heterocycles. The van der Waals surface area contributed by atoms with Crippen molar-refractivity contribution in [3.8, 4) is 5.75 Å². The second kappa shape index (κ2) is 6.87. The number of nitrogens with zero attached hydrogens (tertiary/aromatic N) is 1. The van der Waals surface area contributed by atoms with Crippen molar-refractivity contribution in [1.82, 2.24) is 4.90 Å². The summed E-state index contributed by atoms with van der Waals surface area (Å²) < 4.78 is 10.9. The molecule has 1 amide bonds. The Bertz CT molecular complexity index is 607. The van der Waals surface area contributed by atoms with E-state index in [1.165, 1.54) is 5.56 Å². The Hall–Kier alpha value is -1.75. The van der Waals surface area contributed by atoms with Crippen LogP contribution in [0.15, 0.2) is 24.3 Å². The molecule has 4 atom stereocenters. The van der Waals surface area contributed by atoms with Crippen molar-refractivity contribution in [3.05, 3.63) is 29.8 Å². The highest BCUT2D eigenvalue weighted by molar-refractivity contribution is 5.70. The van der Waals surface area contributed by atoms with Gasteiger partial charge in [-0.05, 0) is 63.6 Å². The monoisotopic (exact) mass is 347 g/mol. The van der Waals surface area contributed by atoms with E-state index >= 15 is 0 Å². The SMILES string of the molecule is COc1ccc([C@H]2C[C@H]3CC[C@@H]([C@@H]2CO)N3C(=O)OC(C)(C)C)cc1. The van der Waals surface area contributed by atoms with Gasteiger partial charge in [0.1, 0.15) is 11.4 Å². The lowest BCUT2D eigenvalue weighted by Gasteiger charge is -2.44. The first-order chi connectivity index (χ1) is 11.8. The summed E-state index contributed by atoms with van der Waals surface area (Å²) in [5.74, 6) is 1.13. The first kappa shape index (κ1) is 18.1. The molecule has 0 unspecified atom stereocenters. The molecule has 2 fully saturated rings. The van der Waals surface area contributed by atoms with Crippen LogP contribution >= 0.6 is 0 Å². The summed E-state index contributed by atoms with van der Waals surface area (Å²) in [5.41, 5.74) is 0.707. The van der Waals surface area contributed by atoms with Crippen LogP contribution in [0, 0.1) is 5.92 Å². The Morgan fingerprint density at radius 3 is 2.48 bits per heavy atom. The smallest absolute Gasteiger partial charge is 0.410 e. The molecule has 1 aromatic rings. The Morgan fingerprint density at radius 1 is 1.24 bits per heavy atom. The van der Waals surface area contributed by atoms with Gasteiger partial charge in [-0.1, -0.05) is 12.1 Å². The van der Waals surface area contributed by atoms with Crippen LogP contribution in [-0.2, 0) is 4.74 Å². The molecule has 2 saturated heterocycles. The minimum Gasteiger partial charge on any atom is -0.497 e. The first-order valence-corrected chi connectivity index (χ1v) is 9.10. The number of piperidine rings is 1. The molecule has 5 heteroatoms. The van der Waals surface area contributed by atoms with Gasteiger partial charge in [-0.15, -0.1) is 0 Å². The summed E-state index contributed by atoms with van der Waals surface area (Å²) in [5, 5.41) is 10.1. The molecule has 25 heavy (non-hydrogen) atoms. The summed E-state index contributed by atoms with van der Waals surface area (Å²) in [6, 6.07) is 8.32. The van der Waals surface area contributed by atoms with Crippen LogP contribution in [0.25, 0.3) is 0 Å². The molecule has 0 spiro atoms. The molecular formula is C20H29NO4. The molecule has 1 N–H and O–H groups in total. The highest BCUT2D eigenvalue weighted by atomic mass is 16.6.